The van der Waals surface area contributed by atoms with Gasteiger partial charge in [-0.05, 0) is 36.1 Å². The fraction of sp³-hybridized carbons (Fsp3) is 0.407. The number of rotatable bonds is 6. The Morgan fingerprint density at radius 2 is 1.07 bits per heavy atom. The summed E-state index contributed by atoms with van der Waals surface area (Å²) in [5.74, 6) is 0.629. The molecule has 1 N–H and O–H groups in total. The van der Waals surface area contributed by atoms with Gasteiger partial charge in [0.1, 0.15) is 0 Å². The van der Waals surface area contributed by atoms with E-state index in [0.29, 0.717) is 5.95 Å². The molecule has 0 aliphatic rings. The lowest BCUT2D eigenvalue weighted by Crippen LogP contribution is -1.99. The summed E-state index contributed by atoms with van der Waals surface area (Å²) >= 11 is 0. The first-order valence-electron chi connectivity index (χ1n) is 11.4. The molecule has 164 valence electrons. The van der Waals surface area contributed by atoms with Gasteiger partial charge in [-0.3, -0.25) is 0 Å². The second-order valence-corrected chi connectivity index (χ2v) is 6.60. The predicted octanol–water partition coefficient (Wildman–Crippen LogP) is 8.25. The van der Waals surface area contributed by atoms with Crippen molar-refractivity contribution in [3.63, 3.8) is 0 Å². The number of nitrogens with zero attached hydrogens (tertiary/aromatic N) is 2. The molecule has 0 saturated heterocycles. The molecule has 0 fully saturated rings. The Morgan fingerprint density at radius 3 is 1.53 bits per heavy atom. The molecule has 0 radical (unpaired) electrons. The summed E-state index contributed by atoms with van der Waals surface area (Å²) in [6.07, 6.45) is 9.63. The monoisotopic (exact) mass is 407 g/mol. The maximum atomic E-state index is 4.36. The summed E-state index contributed by atoms with van der Waals surface area (Å²) in [6.45, 7) is 12.6. The second-order valence-electron chi connectivity index (χ2n) is 6.60. The van der Waals surface area contributed by atoms with Crippen LogP contribution >= 0.6 is 0 Å². The zero-order valence-corrected chi connectivity index (χ0v) is 19.9. The number of aromatic nitrogens is 2. The summed E-state index contributed by atoms with van der Waals surface area (Å²) in [5, 5.41) is 3.18. The van der Waals surface area contributed by atoms with Gasteiger partial charge in [-0.25, -0.2) is 9.97 Å². The molecule has 30 heavy (non-hydrogen) atoms. The number of unbranched alkanes of at least 4 members (excludes halogenated alkanes) is 1. The molecule has 0 aliphatic heterocycles. The number of hydrogen-bond donors (Lipinski definition) is 1. The Balaban J connectivity index is 0.000000806. The number of benzene rings is 2. The van der Waals surface area contributed by atoms with Crippen LogP contribution in [-0.2, 0) is 12.8 Å². The van der Waals surface area contributed by atoms with Crippen molar-refractivity contribution < 1.29 is 0 Å². The summed E-state index contributed by atoms with van der Waals surface area (Å²) in [6, 6.07) is 20.4. The summed E-state index contributed by atoms with van der Waals surface area (Å²) in [7, 11) is 0. The summed E-state index contributed by atoms with van der Waals surface area (Å²) in [4.78, 5) is 8.73. The van der Waals surface area contributed by atoms with Crippen molar-refractivity contribution in [1.82, 2.24) is 9.97 Å². The summed E-state index contributed by atoms with van der Waals surface area (Å²) in [5.41, 5.74) is 3.48. The molecule has 3 nitrogen and oxygen atoms in total. The Kier molecular flexibility index (Phi) is 17.9. The minimum Gasteiger partial charge on any atom is -0.324 e. The Bertz CT molecular complexity index is 708. The van der Waals surface area contributed by atoms with Crippen LogP contribution in [0.4, 0.5) is 11.6 Å². The van der Waals surface area contributed by atoms with E-state index in [1.807, 2.05) is 62.6 Å². The highest BCUT2D eigenvalue weighted by atomic mass is 15.1. The lowest BCUT2D eigenvalue weighted by Gasteiger charge is -2.05. The summed E-state index contributed by atoms with van der Waals surface area (Å²) < 4.78 is 0. The van der Waals surface area contributed by atoms with E-state index in [1.165, 1.54) is 24.8 Å². The average molecular weight is 408 g/mol. The van der Waals surface area contributed by atoms with Gasteiger partial charge in [0.2, 0.25) is 5.95 Å². The third-order valence-electron chi connectivity index (χ3n) is 3.78. The van der Waals surface area contributed by atoms with Crippen molar-refractivity contribution in [2.45, 2.75) is 73.6 Å². The third kappa shape index (κ3) is 13.5. The number of nitrogens with one attached hydrogen (secondary N) is 1. The van der Waals surface area contributed by atoms with E-state index in [-0.39, 0.29) is 0 Å². The van der Waals surface area contributed by atoms with Gasteiger partial charge in [0, 0.05) is 18.1 Å². The van der Waals surface area contributed by atoms with Crippen molar-refractivity contribution in [1.29, 1.82) is 0 Å². The molecule has 0 aliphatic carbocycles. The van der Waals surface area contributed by atoms with Gasteiger partial charge in [-0.2, -0.15) is 0 Å². The standard InChI is InChI=1S/C18H17N3.C4H10.C3H8.C2H6/c1-3-7-15(8-4-1)11-12-16-13-19-18(20-14-16)21-17-9-5-2-6-10-17;1-3-4-2;1-3-2;1-2/h1-10,13-14H,11-12H2,(H,19,20,21);3-4H2,1-2H3;3H2,1-2H3;1-2H3. The van der Waals surface area contributed by atoms with Gasteiger partial charge >= 0.3 is 0 Å². The number of hydrogen-bond acceptors (Lipinski definition) is 3. The topological polar surface area (TPSA) is 37.8 Å². The SMILES string of the molecule is CC.CCC.CCCC.c1ccc(CCc2cnc(Nc3ccccc3)nc2)cc1. The molecular formula is C27H41N3. The molecule has 3 heteroatoms. The van der Waals surface area contributed by atoms with E-state index < -0.39 is 0 Å². The van der Waals surface area contributed by atoms with Gasteiger partial charge < -0.3 is 5.32 Å². The van der Waals surface area contributed by atoms with Crippen LogP contribution in [-0.4, -0.2) is 9.97 Å². The van der Waals surface area contributed by atoms with Gasteiger partial charge in [0.25, 0.3) is 0 Å². The van der Waals surface area contributed by atoms with E-state index in [2.05, 4.69) is 67.2 Å². The van der Waals surface area contributed by atoms with E-state index in [1.54, 1.807) is 0 Å². The van der Waals surface area contributed by atoms with Crippen LogP contribution in [0.3, 0.4) is 0 Å². The van der Waals surface area contributed by atoms with Crippen LogP contribution < -0.4 is 5.32 Å². The lowest BCUT2D eigenvalue weighted by atomic mass is 10.1. The first-order chi connectivity index (χ1) is 14.7. The minimum absolute atomic E-state index is 0.629. The molecule has 2 aromatic carbocycles. The molecule has 0 bridgehead atoms. The molecule has 1 heterocycles. The Labute approximate surface area is 185 Å². The van der Waals surface area contributed by atoms with E-state index >= 15 is 0 Å². The maximum Gasteiger partial charge on any atom is 0.227 e. The Morgan fingerprint density at radius 1 is 0.633 bits per heavy atom. The number of para-hydroxylation sites is 1. The smallest absolute Gasteiger partial charge is 0.227 e. The van der Waals surface area contributed by atoms with E-state index in [0.717, 1.165) is 24.1 Å². The van der Waals surface area contributed by atoms with Crippen molar-refractivity contribution in [2.75, 3.05) is 5.32 Å². The second kappa shape index (κ2) is 19.6. The van der Waals surface area contributed by atoms with Gasteiger partial charge in [0.05, 0.1) is 0 Å². The highest BCUT2D eigenvalue weighted by Gasteiger charge is 1.99. The quantitative estimate of drug-likeness (QED) is 0.447. The molecule has 0 unspecified atom stereocenters. The van der Waals surface area contributed by atoms with Crippen LogP contribution in [0.1, 0.15) is 71.9 Å². The van der Waals surface area contributed by atoms with Crippen LogP contribution in [0, 0.1) is 0 Å². The van der Waals surface area contributed by atoms with Crippen molar-refractivity contribution in [3.05, 3.63) is 84.2 Å². The average Bonchev–Trinajstić information content (AvgIpc) is 2.82. The van der Waals surface area contributed by atoms with Crippen molar-refractivity contribution in [3.8, 4) is 0 Å². The van der Waals surface area contributed by atoms with E-state index in [9.17, 15) is 0 Å². The van der Waals surface area contributed by atoms with Crippen molar-refractivity contribution >= 4 is 11.6 Å². The maximum absolute atomic E-state index is 4.36. The molecule has 1 aromatic heterocycles. The van der Waals surface area contributed by atoms with Crippen LogP contribution in [0.2, 0.25) is 0 Å². The molecule has 0 saturated carbocycles. The minimum atomic E-state index is 0.629. The van der Waals surface area contributed by atoms with E-state index in [4.69, 9.17) is 0 Å². The fourth-order valence-electron chi connectivity index (χ4n) is 2.13. The van der Waals surface area contributed by atoms with Gasteiger partial charge in [-0.15, -0.1) is 0 Å². The molecular weight excluding hydrogens is 366 g/mol. The highest BCUT2D eigenvalue weighted by molar-refractivity contribution is 5.52. The fourth-order valence-corrected chi connectivity index (χ4v) is 2.13. The van der Waals surface area contributed by atoms with Crippen LogP contribution in [0.25, 0.3) is 0 Å². The zero-order chi connectivity index (χ0) is 22.5. The molecule has 3 aromatic rings. The molecule has 0 amide bonds. The predicted molar refractivity (Wildman–Crippen MR) is 134 cm³/mol. The third-order valence-corrected chi connectivity index (χ3v) is 3.78. The number of aryl methyl sites for hydroxylation is 2. The largest absolute Gasteiger partial charge is 0.324 e. The van der Waals surface area contributed by atoms with Gasteiger partial charge in [-0.1, -0.05) is 109 Å². The number of anilines is 2. The van der Waals surface area contributed by atoms with Gasteiger partial charge in [0.15, 0.2) is 0 Å². The first-order valence-corrected chi connectivity index (χ1v) is 11.4. The molecule has 0 spiro atoms. The van der Waals surface area contributed by atoms with Crippen LogP contribution in [0.5, 0.6) is 0 Å². The van der Waals surface area contributed by atoms with Crippen LogP contribution in [0.15, 0.2) is 73.1 Å². The lowest BCUT2D eigenvalue weighted by molar-refractivity contribution is 0.886. The normalized spacial score (nSPS) is 9.00. The first kappa shape index (κ1) is 27.3. The Hall–Kier alpha value is -2.68. The van der Waals surface area contributed by atoms with Crippen molar-refractivity contribution in [2.24, 2.45) is 0 Å². The molecule has 0 atom stereocenters. The zero-order valence-electron chi connectivity index (χ0n) is 19.9. The molecule has 3 rings (SSSR count). The highest BCUT2D eigenvalue weighted by Crippen LogP contribution is 2.12.